The highest BCUT2D eigenvalue weighted by molar-refractivity contribution is 9.10. The van der Waals surface area contributed by atoms with Crippen LogP contribution in [0.3, 0.4) is 0 Å². The summed E-state index contributed by atoms with van der Waals surface area (Å²) in [5, 5.41) is 3.19. The first-order valence-electron chi connectivity index (χ1n) is 11.5. The first kappa shape index (κ1) is 24.4. The minimum absolute atomic E-state index is 0.0228. The van der Waals surface area contributed by atoms with Crippen molar-refractivity contribution in [3.05, 3.63) is 70.2 Å². The molecule has 0 radical (unpaired) electrons. The molecule has 0 spiro atoms. The summed E-state index contributed by atoms with van der Waals surface area (Å²) in [6.45, 7) is 2.73. The predicted molar refractivity (Wildman–Crippen MR) is 132 cm³/mol. The van der Waals surface area contributed by atoms with Gasteiger partial charge in [0.15, 0.2) is 0 Å². The Morgan fingerprint density at radius 3 is 2.42 bits per heavy atom. The normalized spacial score (nSPS) is 19.8. The Bertz CT molecular complexity index is 1050. The van der Waals surface area contributed by atoms with Crippen molar-refractivity contribution in [2.24, 2.45) is 5.92 Å². The largest absolute Gasteiger partial charge is 0.381 e. The van der Waals surface area contributed by atoms with Crippen molar-refractivity contribution < 1.29 is 17.9 Å². The summed E-state index contributed by atoms with van der Waals surface area (Å²) in [5.41, 5.74) is 1.89. The number of carbonyl (C=O) groups excluding carboxylic acids is 1. The van der Waals surface area contributed by atoms with E-state index in [1.807, 2.05) is 42.5 Å². The molecule has 0 atom stereocenters. The van der Waals surface area contributed by atoms with Crippen molar-refractivity contribution in [2.75, 3.05) is 32.8 Å². The van der Waals surface area contributed by atoms with Gasteiger partial charge in [0.25, 0.3) is 0 Å². The Labute approximate surface area is 204 Å². The Hall–Kier alpha value is -1.74. The first-order valence-corrected chi connectivity index (χ1v) is 13.9. The van der Waals surface area contributed by atoms with Gasteiger partial charge >= 0.3 is 0 Å². The lowest BCUT2D eigenvalue weighted by Crippen LogP contribution is -2.48. The highest BCUT2D eigenvalue weighted by atomic mass is 79.9. The highest BCUT2D eigenvalue weighted by Gasteiger charge is 2.36. The quantitative estimate of drug-likeness (QED) is 0.585. The van der Waals surface area contributed by atoms with Gasteiger partial charge in [-0.3, -0.25) is 4.79 Å². The maximum absolute atomic E-state index is 13.0. The molecule has 4 rings (SSSR count). The molecule has 0 aromatic heterocycles. The summed E-state index contributed by atoms with van der Waals surface area (Å²) in [7, 11) is -3.41. The van der Waals surface area contributed by atoms with Crippen LogP contribution in [0.5, 0.6) is 0 Å². The van der Waals surface area contributed by atoms with Gasteiger partial charge in [-0.05, 0) is 48.9 Å². The van der Waals surface area contributed by atoms with E-state index in [9.17, 15) is 13.2 Å². The number of carbonyl (C=O) groups is 1. The molecule has 178 valence electrons. The van der Waals surface area contributed by atoms with E-state index < -0.39 is 10.0 Å². The number of ether oxygens (including phenoxy) is 1. The summed E-state index contributed by atoms with van der Waals surface area (Å²) in [5.74, 6) is -0.152. The third-order valence-corrected chi connectivity index (χ3v) is 9.24. The van der Waals surface area contributed by atoms with Gasteiger partial charge in [-0.25, -0.2) is 12.7 Å². The second-order valence-electron chi connectivity index (χ2n) is 9.04. The summed E-state index contributed by atoms with van der Waals surface area (Å²) < 4.78 is 33.7. The lowest BCUT2D eigenvalue weighted by Gasteiger charge is -2.38. The lowest BCUT2D eigenvalue weighted by molar-refractivity contribution is -0.126. The van der Waals surface area contributed by atoms with Gasteiger partial charge in [-0.15, -0.1) is 0 Å². The molecule has 2 aliphatic rings. The van der Waals surface area contributed by atoms with Gasteiger partial charge in [0.1, 0.15) is 0 Å². The number of amides is 1. The number of hydrogen-bond donors (Lipinski definition) is 1. The van der Waals surface area contributed by atoms with Crippen molar-refractivity contribution in [1.82, 2.24) is 9.62 Å². The van der Waals surface area contributed by atoms with E-state index in [-0.39, 0.29) is 23.0 Å². The molecule has 0 aliphatic carbocycles. The number of nitrogens with one attached hydrogen (secondary N) is 1. The van der Waals surface area contributed by atoms with Crippen molar-refractivity contribution in [3.8, 4) is 0 Å². The van der Waals surface area contributed by atoms with Crippen molar-refractivity contribution in [2.45, 2.75) is 36.9 Å². The zero-order valence-electron chi connectivity index (χ0n) is 18.7. The lowest BCUT2D eigenvalue weighted by atomic mass is 9.74. The van der Waals surface area contributed by atoms with Crippen LogP contribution in [0.25, 0.3) is 0 Å². The maximum Gasteiger partial charge on any atom is 0.223 e. The average molecular weight is 536 g/mol. The average Bonchev–Trinajstić information content (AvgIpc) is 2.83. The Morgan fingerprint density at radius 1 is 1.06 bits per heavy atom. The van der Waals surface area contributed by atoms with Gasteiger partial charge in [-0.1, -0.05) is 58.4 Å². The minimum atomic E-state index is -3.41. The van der Waals surface area contributed by atoms with Crippen LogP contribution in [0.2, 0.25) is 0 Å². The van der Waals surface area contributed by atoms with Gasteiger partial charge in [-0.2, -0.15) is 0 Å². The third-order valence-electron chi connectivity index (χ3n) is 6.89. The van der Waals surface area contributed by atoms with Crippen LogP contribution < -0.4 is 5.32 Å². The Morgan fingerprint density at radius 2 is 1.76 bits per heavy atom. The molecule has 2 heterocycles. The predicted octanol–water partition coefficient (Wildman–Crippen LogP) is 3.86. The molecule has 2 aliphatic heterocycles. The third kappa shape index (κ3) is 6.04. The van der Waals surface area contributed by atoms with Crippen LogP contribution in [0.15, 0.2) is 59.1 Å². The maximum atomic E-state index is 13.0. The number of halogens is 1. The van der Waals surface area contributed by atoms with Gasteiger partial charge in [0.05, 0.1) is 5.75 Å². The van der Waals surface area contributed by atoms with Crippen LogP contribution in [-0.2, 0) is 30.7 Å². The number of hydrogen-bond acceptors (Lipinski definition) is 4. The summed E-state index contributed by atoms with van der Waals surface area (Å²) in [6.07, 6.45) is 2.85. The van der Waals surface area contributed by atoms with Gasteiger partial charge < -0.3 is 10.1 Å². The molecule has 1 amide bonds. The second kappa shape index (κ2) is 10.7. The number of rotatable bonds is 7. The van der Waals surface area contributed by atoms with E-state index in [0.29, 0.717) is 45.7 Å². The molecule has 8 heteroatoms. The first-order chi connectivity index (χ1) is 15.9. The Kier molecular flexibility index (Phi) is 7.89. The number of piperidine rings is 1. The van der Waals surface area contributed by atoms with E-state index in [2.05, 4.69) is 33.4 Å². The van der Waals surface area contributed by atoms with Crippen LogP contribution >= 0.6 is 15.9 Å². The van der Waals surface area contributed by atoms with E-state index in [1.165, 1.54) is 9.87 Å². The zero-order valence-corrected chi connectivity index (χ0v) is 21.1. The van der Waals surface area contributed by atoms with Crippen molar-refractivity contribution in [3.63, 3.8) is 0 Å². The van der Waals surface area contributed by atoms with Crippen LogP contribution in [0.4, 0.5) is 0 Å². The molecule has 2 saturated heterocycles. The summed E-state index contributed by atoms with van der Waals surface area (Å²) in [6, 6.07) is 17.7. The smallest absolute Gasteiger partial charge is 0.223 e. The van der Waals surface area contributed by atoms with Crippen molar-refractivity contribution in [1.29, 1.82) is 0 Å². The summed E-state index contributed by atoms with van der Waals surface area (Å²) >= 11 is 3.39. The monoisotopic (exact) mass is 534 g/mol. The van der Waals surface area contributed by atoms with Gasteiger partial charge in [0, 0.05) is 48.7 Å². The molecule has 33 heavy (non-hydrogen) atoms. The zero-order chi connectivity index (χ0) is 23.3. The SMILES string of the molecule is O=C(NCC1(c2ccccc2)CCOCC1)C1CCN(S(=O)(=O)Cc2cccc(Br)c2)CC1. The molecule has 1 N–H and O–H groups in total. The standard InChI is InChI=1S/C25H31BrN2O4S/c26-23-8-4-5-20(17-23)18-33(30,31)28-13-9-21(10-14-28)24(29)27-19-25(11-15-32-16-12-25)22-6-2-1-3-7-22/h1-8,17,21H,9-16,18-19H2,(H,27,29). The van der Waals surface area contributed by atoms with E-state index >= 15 is 0 Å². The molecule has 0 saturated carbocycles. The molecule has 0 bridgehead atoms. The topological polar surface area (TPSA) is 75.7 Å². The van der Waals surface area contributed by atoms with Crippen LogP contribution in [-0.4, -0.2) is 51.5 Å². The number of benzene rings is 2. The fraction of sp³-hybridized carbons (Fsp3) is 0.480. The summed E-state index contributed by atoms with van der Waals surface area (Å²) in [4.78, 5) is 13.0. The van der Waals surface area contributed by atoms with Crippen LogP contribution in [0.1, 0.15) is 36.8 Å². The van der Waals surface area contributed by atoms with Gasteiger partial charge in [0.2, 0.25) is 15.9 Å². The Balaban J connectivity index is 1.32. The van der Waals surface area contributed by atoms with E-state index in [4.69, 9.17) is 4.74 Å². The molecular weight excluding hydrogens is 504 g/mol. The molecule has 2 aromatic carbocycles. The molecular formula is C25H31BrN2O4S. The minimum Gasteiger partial charge on any atom is -0.381 e. The van der Waals surface area contributed by atoms with Crippen LogP contribution in [0, 0.1) is 5.92 Å². The number of nitrogens with zero attached hydrogens (tertiary/aromatic N) is 1. The second-order valence-corrected chi connectivity index (χ2v) is 11.9. The highest BCUT2D eigenvalue weighted by Crippen LogP contribution is 2.34. The van der Waals surface area contributed by atoms with E-state index in [1.54, 1.807) is 0 Å². The molecule has 2 fully saturated rings. The fourth-order valence-corrected chi connectivity index (χ4v) is 6.84. The van der Waals surface area contributed by atoms with E-state index in [0.717, 1.165) is 22.9 Å². The number of sulfonamides is 1. The molecule has 2 aromatic rings. The fourth-order valence-electron chi connectivity index (χ4n) is 4.85. The molecule has 0 unspecified atom stereocenters. The molecule has 6 nitrogen and oxygen atoms in total. The van der Waals surface area contributed by atoms with Crippen molar-refractivity contribution >= 4 is 31.9 Å².